The maximum absolute atomic E-state index is 5.32. The molecule has 0 amide bonds. The van der Waals surface area contributed by atoms with Crippen molar-refractivity contribution in [2.75, 3.05) is 6.54 Å². The first-order chi connectivity index (χ1) is 8.16. The Morgan fingerprint density at radius 3 is 2.94 bits per heavy atom. The second-order valence-corrected chi connectivity index (χ2v) is 5.45. The van der Waals surface area contributed by atoms with Crippen molar-refractivity contribution in [1.29, 1.82) is 0 Å². The van der Waals surface area contributed by atoms with E-state index in [9.17, 15) is 0 Å². The Labute approximate surface area is 109 Å². The largest absolute Gasteiger partial charge is 0.362 e. The monoisotopic (exact) mass is 248 g/mol. The van der Waals surface area contributed by atoms with Gasteiger partial charge >= 0.3 is 0 Å². The van der Waals surface area contributed by atoms with E-state index >= 15 is 0 Å². The van der Waals surface area contributed by atoms with Gasteiger partial charge in [-0.25, -0.2) is 0 Å². The highest BCUT2D eigenvalue weighted by Crippen LogP contribution is 2.30. The smallest absolute Gasteiger partial charge is 0.166 e. The lowest BCUT2D eigenvalue weighted by atomic mass is 10.1. The maximum atomic E-state index is 5.32. The lowest BCUT2D eigenvalue weighted by molar-refractivity contribution is 0.593. The third-order valence-corrected chi connectivity index (χ3v) is 3.37. The lowest BCUT2D eigenvalue weighted by Crippen LogP contribution is -2.38. The third-order valence-electron chi connectivity index (χ3n) is 3.11. The molecule has 0 saturated heterocycles. The molecule has 1 aliphatic carbocycles. The Balaban J connectivity index is 1.91. The summed E-state index contributed by atoms with van der Waals surface area (Å²) >= 11 is 5.32. The molecule has 2 rings (SSSR count). The van der Waals surface area contributed by atoms with Crippen molar-refractivity contribution in [3.05, 3.63) is 35.4 Å². The van der Waals surface area contributed by atoms with Crippen molar-refractivity contribution < 1.29 is 0 Å². The fraction of sp³-hybridized carbons (Fsp3) is 0.500. The molecule has 1 unspecified atom stereocenters. The molecular weight excluding hydrogens is 228 g/mol. The molecule has 0 radical (unpaired) electrons. The van der Waals surface area contributed by atoms with Crippen LogP contribution in [0.25, 0.3) is 0 Å². The first-order valence-electron chi connectivity index (χ1n) is 6.29. The molecule has 1 aromatic carbocycles. The van der Waals surface area contributed by atoms with E-state index in [-0.39, 0.29) is 0 Å². The van der Waals surface area contributed by atoms with Crippen LogP contribution in [0.5, 0.6) is 0 Å². The van der Waals surface area contributed by atoms with Crippen LogP contribution in [0.2, 0.25) is 0 Å². The minimum atomic E-state index is 0.387. The molecule has 0 aliphatic heterocycles. The Hall–Kier alpha value is -1.09. The SMILES string of the molecule is CC(C)CNC(=S)NC1CCc2ccccc21. The zero-order valence-electron chi connectivity index (χ0n) is 10.5. The molecular formula is C14H20N2S. The van der Waals surface area contributed by atoms with E-state index in [1.165, 1.54) is 11.1 Å². The van der Waals surface area contributed by atoms with Gasteiger partial charge in [0.2, 0.25) is 0 Å². The topological polar surface area (TPSA) is 24.1 Å². The van der Waals surface area contributed by atoms with E-state index in [2.05, 4.69) is 48.7 Å². The number of rotatable bonds is 3. The van der Waals surface area contributed by atoms with E-state index < -0.39 is 0 Å². The van der Waals surface area contributed by atoms with Crippen LogP contribution in [0.1, 0.15) is 37.4 Å². The van der Waals surface area contributed by atoms with Crippen LogP contribution in [-0.4, -0.2) is 11.7 Å². The van der Waals surface area contributed by atoms with Crippen LogP contribution in [0.4, 0.5) is 0 Å². The number of benzene rings is 1. The van der Waals surface area contributed by atoms with Gasteiger partial charge in [-0.15, -0.1) is 0 Å². The summed E-state index contributed by atoms with van der Waals surface area (Å²) in [5.74, 6) is 0.616. The second kappa shape index (κ2) is 5.50. The molecule has 17 heavy (non-hydrogen) atoms. The number of hydrogen-bond donors (Lipinski definition) is 2. The third kappa shape index (κ3) is 3.19. The van der Waals surface area contributed by atoms with Crippen molar-refractivity contribution in [3.8, 4) is 0 Å². The van der Waals surface area contributed by atoms with Gasteiger partial charge in [0.25, 0.3) is 0 Å². The normalized spacial score (nSPS) is 17.9. The molecule has 0 bridgehead atoms. The van der Waals surface area contributed by atoms with Gasteiger partial charge in [0.05, 0.1) is 6.04 Å². The fourth-order valence-electron chi connectivity index (χ4n) is 2.21. The van der Waals surface area contributed by atoms with Gasteiger partial charge in [-0.3, -0.25) is 0 Å². The Morgan fingerprint density at radius 1 is 1.41 bits per heavy atom. The molecule has 3 heteroatoms. The molecule has 2 N–H and O–H groups in total. The molecule has 1 aliphatic rings. The van der Waals surface area contributed by atoms with Crippen molar-refractivity contribution in [1.82, 2.24) is 10.6 Å². The number of fused-ring (bicyclic) bond motifs is 1. The quantitative estimate of drug-likeness (QED) is 0.804. The summed E-state index contributed by atoms with van der Waals surface area (Å²) in [5, 5.41) is 7.45. The van der Waals surface area contributed by atoms with E-state index in [0.29, 0.717) is 12.0 Å². The van der Waals surface area contributed by atoms with E-state index in [1.54, 1.807) is 0 Å². The van der Waals surface area contributed by atoms with Gasteiger partial charge in [-0.2, -0.15) is 0 Å². The van der Waals surface area contributed by atoms with Crippen LogP contribution >= 0.6 is 12.2 Å². The number of nitrogens with one attached hydrogen (secondary N) is 2. The van der Waals surface area contributed by atoms with Gasteiger partial charge in [0.15, 0.2) is 5.11 Å². The summed E-state index contributed by atoms with van der Waals surface area (Å²) in [6, 6.07) is 9.01. The highest BCUT2D eigenvalue weighted by molar-refractivity contribution is 7.80. The average Bonchev–Trinajstić information content (AvgIpc) is 2.70. The van der Waals surface area contributed by atoms with Gasteiger partial charge in [0, 0.05) is 6.54 Å². The Morgan fingerprint density at radius 2 is 2.18 bits per heavy atom. The average molecular weight is 248 g/mol. The molecule has 0 fully saturated rings. The lowest BCUT2D eigenvalue weighted by Gasteiger charge is -2.18. The summed E-state index contributed by atoms with van der Waals surface area (Å²) in [7, 11) is 0. The van der Waals surface area contributed by atoms with Crippen molar-refractivity contribution in [2.24, 2.45) is 5.92 Å². The summed E-state index contributed by atoms with van der Waals surface area (Å²) in [5.41, 5.74) is 2.86. The van der Waals surface area contributed by atoms with E-state index in [4.69, 9.17) is 12.2 Å². The summed E-state index contributed by atoms with van der Waals surface area (Å²) < 4.78 is 0. The predicted octanol–water partition coefficient (Wildman–Crippen LogP) is 2.79. The van der Waals surface area contributed by atoms with E-state index in [0.717, 1.165) is 24.5 Å². The number of hydrogen-bond acceptors (Lipinski definition) is 1. The molecule has 0 spiro atoms. The van der Waals surface area contributed by atoms with Crippen molar-refractivity contribution >= 4 is 17.3 Å². The molecule has 0 aromatic heterocycles. The predicted molar refractivity (Wildman–Crippen MR) is 76.1 cm³/mol. The van der Waals surface area contributed by atoms with Crippen molar-refractivity contribution in [3.63, 3.8) is 0 Å². The first kappa shape index (κ1) is 12.4. The summed E-state index contributed by atoms with van der Waals surface area (Å²) in [4.78, 5) is 0. The van der Waals surface area contributed by atoms with Gasteiger partial charge in [-0.05, 0) is 42.1 Å². The minimum absolute atomic E-state index is 0.387. The molecule has 2 nitrogen and oxygen atoms in total. The minimum Gasteiger partial charge on any atom is -0.362 e. The first-order valence-corrected chi connectivity index (χ1v) is 6.70. The second-order valence-electron chi connectivity index (χ2n) is 5.04. The standard InChI is InChI=1S/C14H20N2S/c1-10(2)9-15-14(17)16-13-8-7-11-5-3-4-6-12(11)13/h3-6,10,13H,7-9H2,1-2H3,(H2,15,16,17). The zero-order valence-corrected chi connectivity index (χ0v) is 11.3. The molecule has 0 heterocycles. The molecule has 0 saturated carbocycles. The van der Waals surface area contributed by atoms with Crippen molar-refractivity contribution in [2.45, 2.75) is 32.7 Å². The maximum Gasteiger partial charge on any atom is 0.166 e. The van der Waals surface area contributed by atoms with E-state index in [1.807, 2.05) is 0 Å². The molecule has 92 valence electrons. The Kier molecular flexibility index (Phi) is 4.00. The van der Waals surface area contributed by atoms with Gasteiger partial charge < -0.3 is 10.6 Å². The fourth-order valence-corrected chi connectivity index (χ4v) is 2.44. The number of thiocarbonyl (C=S) groups is 1. The van der Waals surface area contributed by atoms with Gasteiger partial charge in [0.1, 0.15) is 0 Å². The van der Waals surface area contributed by atoms with Gasteiger partial charge in [-0.1, -0.05) is 38.1 Å². The van der Waals surface area contributed by atoms with Crippen LogP contribution in [-0.2, 0) is 6.42 Å². The Bertz CT molecular complexity index is 401. The molecule has 1 aromatic rings. The highest BCUT2D eigenvalue weighted by Gasteiger charge is 2.21. The summed E-state index contributed by atoms with van der Waals surface area (Å²) in [6.45, 7) is 5.29. The molecule has 1 atom stereocenters. The summed E-state index contributed by atoms with van der Waals surface area (Å²) in [6.07, 6.45) is 2.30. The van der Waals surface area contributed by atoms with Crippen LogP contribution in [0.15, 0.2) is 24.3 Å². The highest BCUT2D eigenvalue weighted by atomic mass is 32.1. The van der Waals surface area contributed by atoms with Crippen LogP contribution in [0, 0.1) is 5.92 Å². The number of aryl methyl sites for hydroxylation is 1. The van der Waals surface area contributed by atoms with Crippen LogP contribution in [0.3, 0.4) is 0 Å². The van der Waals surface area contributed by atoms with Crippen LogP contribution < -0.4 is 10.6 Å². The zero-order chi connectivity index (χ0) is 12.3.